The largest absolute Gasteiger partial charge is 0.387 e. The lowest BCUT2D eigenvalue weighted by molar-refractivity contribution is -0.338. The van der Waals surface area contributed by atoms with Crippen LogP contribution in [0.2, 0.25) is 0 Å². The molecule has 3 saturated heterocycles. The maximum Gasteiger partial charge on any atom is 0.226 e. The van der Waals surface area contributed by atoms with Crippen molar-refractivity contribution >= 4 is 11.8 Å². The monoisotopic (exact) mass is 327 g/mol. The summed E-state index contributed by atoms with van der Waals surface area (Å²) in [6.07, 6.45) is -2.93. The van der Waals surface area contributed by atoms with Gasteiger partial charge in [0.05, 0.1) is 12.7 Å². The molecule has 0 aromatic heterocycles. The number of aliphatic hydroxyl groups excluding tert-OH is 1. The van der Waals surface area contributed by atoms with Gasteiger partial charge in [-0.25, -0.2) is 0 Å². The summed E-state index contributed by atoms with van der Waals surface area (Å²) in [6, 6.07) is 0. The molecule has 0 aliphatic carbocycles. The van der Waals surface area contributed by atoms with Gasteiger partial charge in [0, 0.05) is 24.7 Å². The van der Waals surface area contributed by atoms with Gasteiger partial charge in [-0.3, -0.25) is 14.9 Å². The molecule has 3 heterocycles. The Morgan fingerprint density at radius 1 is 1.26 bits per heavy atom. The van der Waals surface area contributed by atoms with Crippen LogP contribution in [-0.4, -0.2) is 59.5 Å². The van der Waals surface area contributed by atoms with E-state index in [1.54, 1.807) is 6.92 Å². The zero-order chi connectivity index (χ0) is 16.8. The summed E-state index contributed by atoms with van der Waals surface area (Å²) in [4.78, 5) is 23.1. The third-order valence-corrected chi connectivity index (χ3v) is 4.92. The van der Waals surface area contributed by atoms with E-state index in [1.807, 2.05) is 0 Å². The molecule has 0 radical (unpaired) electrons. The smallest absolute Gasteiger partial charge is 0.226 e. The highest BCUT2D eigenvalue weighted by Gasteiger charge is 2.56. The number of ether oxygens (including phenoxy) is 3. The Bertz CT molecular complexity index is 520. The van der Waals surface area contributed by atoms with E-state index in [0.29, 0.717) is 5.57 Å². The number of piperidine rings is 1. The molecule has 5 atom stereocenters. The van der Waals surface area contributed by atoms with Crippen LogP contribution in [0.15, 0.2) is 12.2 Å². The molecule has 0 aromatic carbocycles. The number of aliphatic hydroxyl groups is 2. The number of amides is 2. The second-order valence-electron chi connectivity index (χ2n) is 6.39. The van der Waals surface area contributed by atoms with Crippen LogP contribution in [-0.2, 0) is 23.8 Å². The zero-order valence-corrected chi connectivity index (χ0v) is 12.9. The number of hydrogen-bond donors (Lipinski definition) is 3. The van der Waals surface area contributed by atoms with Crippen molar-refractivity contribution in [3.63, 3.8) is 0 Å². The zero-order valence-electron chi connectivity index (χ0n) is 12.9. The Balaban J connectivity index is 1.78. The Hall–Kier alpha value is -1.32. The lowest BCUT2D eigenvalue weighted by atomic mass is 9.81. The number of nitrogens with one attached hydrogen (secondary N) is 1. The topological polar surface area (TPSA) is 114 Å². The molecule has 2 amide bonds. The molecular weight excluding hydrogens is 306 g/mol. The van der Waals surface area contributed by atoms with Gasteiger partial charge in [-0.1, -0.05) is 13.5 Å². The molecule has 0 bridgehead atoms. The minimum atomic E-state index is -1.71. The predicted molar refractivity (Wildman–Crippen MR) is 75.7 cm³/mol. The minimum absolute atomic E-state index is 0.0712. The molecule has 3 N–H and O–H groups in total. The van der Waals surface area contributed by atoms with E-state index in [2.05, 4.69) is 11.9 Å². The van der Waals surface area contributed by atoms with Crippen molar-refractivity contribution in [2.24, 2.45) is 11.8 Å². The maximum absolute atomic E-state index is 11.5. The molecule has 8 heteroatoms. The number of carbonyl (C=O) groups excluding carboxylic acids is 2. The predicted octanol–water partition coefficient (Wildman–Crippen LogP) is -0.947. The van der Waals surface area contributed by atoms with E-state index in [-0.39, 0.29) is 26.2 Å². The maximum atomic E-state index is 11.5. The Kier molecular flexibility index (Phi) is 4.28. The van der Waals surface area contributed by atoms with E-state index < -0.39 is 47.7 Å². The van der Waals surface area contributed by atoms with Gasteiger partial charge >= 0.3 is 0 Å². The quantitative estimate of drug-likeness (QED) is 0.443. The fraction of sp³-hybridized carbons (Fsp3) is 0.733. The van der Waals surface area contributed by atoms with E-state index in [4.69, 9.17) is 14.2 Å². The first-order chi connectivity index (χ1) is 10.8. The Morgan fingerprint density at radius 3 is 2.48 bits per heavy atom. The molecule has 3 aliphatic heterocycles. The van der Waals surface area contributed by atoms with Gasteiger partial charge in [-0.15, -0.1) is 0 Å². The second kappa shape index (κ2) is 5.95. The van der Waals surface area contributed by atoms with Crippen LogP contribution in [0.25, 0.3) is 0 Å². The Labute approximate surface area is 133 Å². The van der Waals surface area contributed by atoms with E-state index in [1.165, 1.54) is 0 Å². The number of hydrogen-bond acceptors (Lipinski definition) is 7. The lowest BCUT2D eigenvalue weighted by Crippen LogP contribution is -2.62. The summed E-state index contributed by atoms with van der Waals surface area (Å²) < 4.78 is 16.2. The van der Waals surface area contributed by atoms with Gasteiger partial charge < -0.3 is 24.4 Å². The van der Waals surface area contributed by atoms with Crippen LogP contribution in [0.1, 0.15) is 19.8 Å². The van der Waals surface area contributed by atoms with E-state index in [9.17, 15) is 19.8 Å². The van der Waals surface area contributed by atoms with Crippen molar-refractivity contribution in [2.75, 3.05) is 13.4 Å². The Morgan fingerprint density at radius 2 is 1.91 bits per heavy atom. The number of rotatable bonds is 2. The molecule has 128 valence electrons. The molecule has 23 heavy (non-hydrogen) atoms. The highest BCUT2D eigenvalue weighted by atomic mass is 16.7. The fourth-order valence-electron chi connectivity index (χ4n) is 3.46. The molecule has 0 spiro atoms. The molecule has 8 nitrogen and oxygen atoms in total. The summed E-state index contributed by atoms with van der Waals surface area (Å²) in [5.41, 5.74) is 0.707. The normalized spacial score (nSPS) is 42.8. The summed E-state index contributed by atoms with van der Waals surface area (Å²) in [7, 11) is 0. The summed E-state index contributed by atoms with van der Waals surface area (Å²) in [5.74, 6) is -3.40. The van der Waals surface area contributed by atoms with Gasteiger partial charge in [0.15, 0.2) is 0 Å². The van der Waals surface area contributed by atoms with Gasteiger partial charge in [0.1, 0.15) is 19.0 Å². The van der Waals surface area contributed by atoms with E-state index >= 15 is 0 Å². The molecule has 3 fully saturated rings. The average Bonchev–Trinajstić information content (AvgIpc) is 2.75. The van der Waals surface area contributed by atoms with Crippen LogP contribution < -0.4 is 5.32 Å². The minimum Gasteiger partial charge on any atom is -0.387 e. The van der Waals surface area contributed by atoms with Crippen molar-refractivity contribution in [3.05, 3.63) is 12.2 Å². The highest BCUT2D eigenvalue weighted by Crippen LogP contribution is 2.41. The van der Waals surface area contributed by atoms with Crippen LogP contribution in [0, 0.1) is 11.8 Å². The lowest BCUT2D eigenvalue weighted by Gasteiger charge is -2.45. The third-order valence-electron chi connectivity index (χ3n) is 4.92. The van der Waals surface area contributed by atoms with Gasteiger partial charge in [-0.2, -0.15) is 0 Å². The SMILES string of the molecule is C=C1COC(O)([C@H]2OCO[C@@H](C3CC(=O)NC(=O)C3)[C@H]2O)[C@@H]1C. The van der Waals surface area contributed by atoms with Crippen molar-refractivity contribution in [2.45, 2.75) is 43.9 Å². The van der Waals surface area contributed by atoms with Crippen LogP contribution >= 0.6 is 0 Å². The van der Waals surface area contributed by atoms with E-state index in [0.717, 1.165) is 0 Å². The molecule has 0 saturated carbocycles. The molecular formula is C15H21NO7. The van der Waals surface area contributed by atoms with Crippen LogP contribution in [0.5, 0.6) is 0 Å². The van der Waals surface area contributed by atoms with Crippen molar-refractivity contribution in [3.8, 4) is 0 Å². The standard InChI is InChI=1S/C15H21NO7/c1-7-5-23-15(20,8(7)2)14-12(19)13(21-6-22-14)9-3-10(17)16-11(18)4-9/h8-9,12-14,19-20H,1,3-6H2,2H3,(H,16,17,18)/t8-,12-,13+,14+,15?/m1/s1. The summed E-state index contributed by atoms with van der Waals surface area (Å²) in [6.45, 7) is 5.59. The number of imide groups is 1. The fourth-order valence-corrected chi connectivity index (χ4v) is 3.46. The van der Waals surface area contributed by atoms with Crippen molar-refractivity contribution in [1.29, 1.82) is 0 Å². The third kappa shape index (κ3) is 2.81. The van der Waals surface area contributed by atoms with Crippen molar-refractivity contribution in [1.82, 2.24) is 5.32 Å². The first kappa shape index (κ1) is 16.5. The van der Waals surface area contributed by atoms with Gasteiger partial charge in [0.25, 0.3) is 0 Å². The molecule has 1 unspecified atom stereocenters. The van der Waals surface area contributed by atoms with Crippen LogP contribution in [0.4, 0.5) is 0 Å². The molecule has 3 aliphatic rings. The first-order valence-electron chi connectivity index (χ1n) is 7.61. The van der Waals surface area contributed by atoms with Gasteiger partial charge in [0.2, 0.25) is 17.6 Å². The van der Waals surface area contributed by atoms with Crippen LogP contribution in [0.3, 0.4) is 0 Å². The first-order valence-corrected chi connectivity index (χ1v) is 7.61. The average molecular weight is 327 g/mol. The van der Waals surface area contributed by atoms with Gasteiger partial charge in [-0.05, 0) is 5.57 Å². The molecule has 0 aromatic rings. The van der Waals surface area contributed by atoms with Crippen molar-refractivity contribution < 1.29 is 34.0 Å². The highest BCUT2D eigenvalue weighted by molar-refractivity contribution is 5.97. The second-order valence-corrected chi connectivity index (χ2v) is 6.39. The summed E-state index contributed by atoms with van der Waals surface area (Å²) in [5, 5.41) is 23.6. The molecule has 3 rings (SSSR count). The number of carbonyl (C=O) groups is 2. The summed E-state index contributed by atoms with van der Waals surface area (Å²) >= 11 is 0.